The molecule has 0 aliphatic carbocycles. The average Bonchev–Trinajstić information content (AvgIpc) is 3.07. The summed E-state index contributed by atoms with van der Waals surface area (Å²) in [5, 5.41) is 13.7. The highest BCUT2D eigenvalue weighted by atomic mass is 31.2. The van der Waals surface area contributed by atoms with Gasteiger partial charge in [-0.05, 0) is 70.6 Å². The predicted octanol–water partition coefficient (Wildman–Crippen LogP) is 10.5. The van der Waals surface area contributed by atoms with Crippen molar-refractivity contribution in [3.8, 4) is 0 Å². The summed E-state index contributed by atoms with van der Waals surface area (Å²) in [4.78, 5) is 23.0. The zero-order chi connectivity index (χ0) is 37.9. The summed E-state index contributed by atoms with van der Waals surface area (Å²) < 4.78 is 23.4. The van der Waals surface area contributed by atoms with E-state index in [0.717, 1.165) is 77.0 Å². The Morgan fingerprint density at radius 3 is 1.80 bits per heavy atom. The van der Waals surface area contributed by atoms with Gasteiger partial charge in [0.15, 0.2) is 0 Å². The van der Waals surface area contributed by atoms with Crippen LogP contribution >= 0.6 is 7.82 Å². The second kappa shape index (κ2) is 33.8. The molecule has 1 amide bonds. The summed E-state index contributed by atoms with van der Waals surface area (Å²) in [7, 11) is 1.53. The molecule has 0 saturated carbocycles. The number of rotatable bonds is 34. The smallest absolute Gasteiger partial charge is 0.387 e. The van der Waals surface area contributed by atoms with E-state index in [4.69, 9.17) is 9.05 Å². The Balaban J connectivity index is 4.50. The van der Waals surface area contributed by atoms with E-state index in [-0.39, 0.29) is 19.1 Å². The Morgan fingerprint density at radius 1 is 0.686 bits per heavy atom. The van der Waals surface area contributed by atoms with Gasteiger partial charge in [0, 0.05) is 6.42 Å². The van der Waals surface area contributed by atoms with E-state index in [9.17, 15) is 19.4 Å². The van der Waals surface area contributed by atoms with Crippen molar-refractivity contribution in [2.75, 3.05) is 40.9 Å². The first-order valence-corrected chi connectivity index (χ1v) is 21.3. The lowest BCUT2D eigenvalue weighted by Gasteiger charge is -2.25. The zero-order valence-corrected chi connectivity index (χ0v) is 34.0. The maximum atomic E-state index is 12.8. The number of likely N-dealkylation sites (N-methyl/N-ethyl adjacent to an activating group) is 1. The molecule has 3 N–H and O–H groups in total. The summed E-state index contributed by atoms with van der Waals surface area (Å²) in [5.74, 6) is -0.208. The first kappa shape index (κ1) is 48.9. The van der Waals surface area contributed by atoms with Crippen molar-refractivity contribution < 1.29 is 32.9 Å². The first-order valence-electron chi connectivity index (χ1n) is 19.8. The number of allylic oxidation sites excluding steroid dienone is 11. The van der Waals surface area contributed by atoms with Gasteiger partial charge < -0.3 is 19.8 Å². The van der Waals surface area contributed by atoms with Crippen molar-refractivity contribution in [3.05, 3.63) is 72.9 Å². The van der Waals surface area contributed by atoms with Crippen molar-refractivity contribution in [3.63, 3.8) is 0 Å². The summed E-state index contributed by atoms with van der Waals surface area (Å²) in [5.41, 5.74) is 0. The monoisotopic (exact) mass is 736 g/mol. The lowest BCUT2D eigenvalue weighted by Crippen LogP contribution is -2.45. The van der Waals surface area contributed by atoms with Gasteiger partial charge in [-0.2, -0.15) is 0 Å². The minimum Gasteiger partial charge on any atom is -0.387 e. The number of unbranched alkanes of at least 4 members (excludes halogenated alkanes) is 11. The predicted molar refractivity (Wildman–Crippen MR) is 216 cm³/mol. The van der Waals surface area contributed by atoms with Gasteiger partial charge in [-0.3, -0.25) is 13.8 Å². The van der Waals surface area contributed by atoms with Crippen LogP contribution in [-0.2, 0) is 18.4 Å². The standard InChI is InChI=1S/C42H75N2O6P/c1-6-8-10-12-14-16-18-19-20-21-22-23-24-25-26-28-30-32-34-36-42(46)43-40(39-50-51(47,48)49-38-37-44(3,4)5)41(45)35-33-31-29-27-17-15-13-11-9-7-2/h8,10,14,16-17,19-20,22-23,27,33,35,40-41,45H,6-7,9,11-13,15,18,21,24-26,28-32,34,36-39H2,1-5H3,(H-,43,46,47,48)/p+1/b10-8-,16-14-,20-19-,23-22-,27-17+,35-33+. The minimum absolute atomic E-state index is 0.0489. The third-order valence-corrected chi connectivity index (χ3v) is 9.14. The van der Waals surface area contributed by atoms with E-state index in [0.29, 0.717) is 17.4 Å². The van der Waals surface area contributed by atoms with Gasteiger partial charge in [-0.1, -0.05) is 132 Å². The maximum absolute atomic E-state index is 12.8. The molecule has 294 valence electrons. The zero-order valence-electron chi connectivity index (χ0n) is 33.1. The molecule has 51 heavy (non-hydrogen) atoms. The molecule has 0 radical (unpaired) electrons. The number of phosphoric ester groups is 1. The third kappa shape index (κ3) is 36.1. The van der Waals surface area contributed by atoms with Gasteiger partial charge in [-0.15, -0.1) is 0 Å². The largest absolute Gasteiger partial charge is 0.472 e. The van der Waals surface area contributed by atoms with Crippen LogP contribution in [0.15, 0.2) is 72.9 Å². The van der Waals surface area contributed by atoms with Crippen molar-refractivity contribution in [2.45, 2.75) is 148 Å². The number of quaternary nitrogens is 1. The van der Waals surface area contributed by atoms with Crippen LogP contribution < -0.4 is 5.32 Å². The van der Waals surface area contributed by atoms with Gasteiger partial charge >= 0.3 is 7.82 Å². The minimum atomic E-state index is -4.34. The van der Waals surface area contributed by atoms with Crippen molar-refractivity contribution in [1.82, 2.24) is 5.32 Å². The molecule has 0 aliphatic heterocycles. The van der Waals surface area contributed by atoms with Gasteiger partial charge in [-0.25, -0.2) is 4.57 Å². The van der Waals surface area contributed by atoms with Gasteiger partial charge in [0.2, 0.25) is 5.91 Å². The fourth-order valence-corrected chi connectivity index (χ4v) is 5.72. The Kier molecular flexibility index (Phi) is 32.4. The third-order valence-electron chi connectivity index (χ3n) is 8.16. The van der Waals surface area contributed by atoms with Gasteiger partial charge in [0.05, 0.1) is 39.9 Å². The van der Waals surface area contributed by atoms with Crippen molar-refractivity contribution in [2.24, 2.45) is 0 Å². The Bertz CT molecular complexity index is 1060. The molecule has 0 rings (SSSR count). The molecule has 3 atom stereocenters. The average molecular weight is 736 g/mol. The molecule has 3 unspecified atom stereocenters. The van der Waals surface area contributed by atoms with Crippen molar-refractivity contribution >= 4 is 13.7 Å². The number of nitrogens with zero attached hydrogens (tertiary/aromatic N) is 1. The lowest BCUT2D eigenvalue weighted by atomic mass is 10.1. The molecule has 0 fully saturated rings. The van der Waals surface area contributed by atoms with Crippen LogP contribution in [0.25, 0.3) is 0 Å². The summed E-state index contributed by atoms with van der Waals surface area (Å²) in [6, 6.07) is -0.872. The summed E-state index contributed by atoms with van der Waals surface area (Å²) >= 11 is 0. The SMILES string of the molecule is CC/C=C\C/C=C\C/C=C\C/C=C\CCCCCCCCC(=O)NC(COP(=O)(O)OCC[N+](C)(C)C)C(O)/C=C/CC/C=C/CCCCCC. The van der Waals surface area contributed by atoms with Crippen LogP contribution in [0.3, 0.4) is 0 Å². The number of aliphatic hydroxyl groups is 1. The highest BCUT2D eigenvalue weighted by Gasteiger charge is 2.27. The fourth-order valence-electron chi connectivity index (χ4n) is 4.99. The van der Waals surface area contributed by atoms with Crippen LogP contribution in [0.1, 0.15) is 136 Å². The fraction of sp³-hybridized carbons (Fsp3) is 0.690. The molecule has 0 bridgehead atoms. The van der Waals surface area contributed by atoms with E-state index < -0.39 is 20.0 Å². The Hall–Kier alpha value is -2.06. The number of nitrogens with one attached hydrogen (secondary N) is 1. The summed E-state index contributed by atoms with van der Waals surface area (Å²) in [6.45, 7) is 4.59. The van der Waals surface area contributed by atoms with Crippen LogP contribution in [0.4, 0.5) is 0 Å². The highest BCUT2D eigenvalue weighted by molar-refractivity contribution is 7.47. The van der Waals surface area contributed by atoms with Gasteiger partial charge in [0.1, 0.15) is 13.2 Å². The number of amides is 1. The number of aliphatic hydroxyl groups excluding tert-OH is 1. The molecule has 0 heterocycles. The molecule has 0 saturated heterocycles. The second-order valence-corrected chi connectivity index (χ2v) is 15.7. The van der Waals surface area contributed by atoms with Crippen LogP contribution in [0, 0.1) is 0 Å². The number of hydrogen-bond acceptors (Lipinski definition) is 5. The molecular formula is C42H76N2O6P+. The molecule has 0 spiro atoms. The Morgan fingerprint density at radius 2 is 1.20 bits per heavy atom. The normalized spacial score (nSPS) is 15.4. The number of carbonyl (C=O) groups excluding carboxylic acids is 1. The van der Waals surface area contributed by atoms with E-state index >= 15 is 0 Å². The molecule has 0 aromatic heterocycles. The molecule has 9 heteroatoms. The van der Waals surface area contributed by atoms with Gasteiger partial charge in [0.25, 0.3) is 0 Å². The second-order valence-electron chi connectivity index (χ2n) is 14.3. The number of carbonyl (C=O) groups is 1. The van der Waals surface area contributed by atoms with E-state index in [1.165, 1.54) is 38.5 Å². The van der Waals surface area contributed by atoms with Crippen molar-refractivity contribution in [1.29, 1.82) is 0 Å². The topological polar surface area (TPSA) is 105 Å². The molecule has 0 aliphatic rings. The van der Waals surface area contributed by atoms with Crippen LogP contribution in [-0.4, -0.2) is 73.4 Å². The molecule has 0 aromatic rings. The van der Waals surface area contributed by atoms with Crippen LogP contribution in [0.2, 0.25) is 0 Å². The molecular weight excluding hydrogens is 659 g/mol. The highest BCUT2D eigenvalue weighted by Crippen LogP contribution is 2.43. The first-order chi connectivity index (χ1) is 24.5. The van der Waals surface area contributed by atoms with E-state index in [1.54, 1.807) is 6.08 Å². The van der Waals surface area contributed by atoms with Crippen LogP contribution in [0.5, 0.6) is 0 Å². The molecule has 0 aromatic carbocycles. The maximum Gasteiger partial charge on any atom is 0.472 e. The van der Waals surface area contributed by atoms with E-state index in [1.807, 2.05) is 27.2 Å². The number of hydrogen-bond donors (Lipinski definition) is 3. The lowest BCUT2D eigenvalue weighted by molar-refractivity contribution is -0.870. The quantitative estimate of drug-likeness (QED) is 0.0263. The number of phosphoric acid groups is 1. The summed E-state index contributed by atoms with van der Waals surface area (Å²) in [6.07, 6.45) is 44.0. The Labute approximate surface area is 313 Å². The van der Waals surface area contributed by atoms with E-state index in [2.05, 4.69) is 79.9 Å². The molecule has 8 nitrogen and oxygen atoms in total.